The molecule has 30 heavy (non-hydrogen) atoms. The van der Waals surface area contributed by atoms with E-state index in [4.69, 9.17) is 0 Å². The molecule has 3 aromatic rings. The molecule has 0 aliphatic carbocycles. The molecule has 2 aromatic heterocycles. The second kappa shape index (κ2) is 9.22. The zero-order valence-electron chi connectivity index (χ0n) is 17.7. The van der Waals surface area contributed by atoms with Gasteiger partial charge in [0.15, 0.2) is 0 Å². The van der Waals surface area contributed by atoms with Crippen molar-refractivity contribution in [2.45, 2.75) is 32.4 Å². The first-order valence-electron chi connectivity index (χ1n) is 10.7. The van der Waals surface area contributed by atoms with Gasteiger partial charge in [-0.25, -0.2) is 4.98 Å². The van der Waals surface area contributed by atoms with Crippen LogP contribution in [0.1, 0.15) is 35.8 Å². The number of likely N-dealkylation sites (N-methyl/N-ethyl adjacent to an activating group) is 1. The van der Waals surface area contributed by atoms with Gasteiger partial charge in [-0.15, -0.1) is 0 Å². The Morgan fingerprint density at radius 1 is 1.20 bits per heavy atom. The van der Waals surface area contributed by atoms with E-state index in [1.807, 2.05) is 48.5 Å². The van der Waals surface area contributed by atoms with Crippen molar-refractivity contribution in [2.24, 2.45) is 0 Å². The Kier molecular flexibility index (Phi) is 6.23. The number of para-hydroxylation sites is 1. The second-order valence-electron chi connectivity index (χ2n) is 7.89. The molecule has 1 N–H and O–H groups in total. The Morgan fingerprint density at radius 2 is 2.07 bits per heavy atom. The summed E-state index contributed by atoms with van der Waals surface area (Å²) in [6, 6.07) is 16.3. The molecular weight excluding hydrogens is 374 g/mol. The minimum absolute atomic E-state index is 0.0584. The average Bonchev–Trinajstić information content (AvgIpc) is 3.25. The van der Waals surface area contributed by atoms with Crippen LogP contribution >= 0.6 is 0 Å². The van der Waals surface area contributed by atoms with Crippen molar-refractivity contribution in [1.29, 1.82) is 0 Å². The average molecular weight is 404 g/mol. The fraction of sp³-hybridized carbons (Fsp3) is 0.375. The second-order valence-corrected chi connectivity index (χ2v) is 7.89. The molecule has 0 bridgehead atoms. The largest absolute Gasteiger partial charge is 0.369 e. The third-order valence-electron chi connectivity index (χ3n) is 5.84. The molecule has 6 nitrogen and oxygen atoms in total. The minimum Gasteiger partial charge on any atom is -0.369 e. The van der Waals surface area contributed by atoms with Crippen LogP contribution in [0.2, 0.25) is 0 Å². The van der Waals surface area contributed by atoms with Gasteiger partial charge in [-0.3, -0.25) is 14.7 Å². The zero-order chi connectivity index (χ0) is 20.9. The molecule has 1 amide bonds. The number of anilines is 1. The molecular formula is C24H29N5O. The zero-order valence-corrected chi connectivity index (χ0v) is 17.7. The van der Waals surface area contributed by atoms with Gasteiger partial charge in [-0.1, -0.05) is 31.2 Å². The van der Waals surface area contributed by atoms with Gasteiger partial charge in [0, 0.05) is 31.2 Å². The lowest BCUT2D eigenvalue weighted by atomic mass is 10.2. The maximum absolute atomic E-state index is 12.8. The van der Waals surface area contributed by atoms with Gasteiger partial charge in [-0.2, -0.15) is 0 Å². The summed E-state index contributed by atoms with van der Waals surface area (Å²) in [6.07, 6.45) is 4.14. The van der Waals surface area contributed by atoms with Crippen LogP contribution in [0.3, 0.4) is 0 Å². The summed E-state index contributed by atoms with van der Waals surface area (Å²) in [5.74, 6) is 0.755. The SMILES string of the molecule is CCN1CCC[C@@H]1CNc1ccc(C(=O)N(C)Cc2ccc3ccccc3n2)cn1. The van der Waals surface area contributed by atoms with Crippen molar-refractivity contribution in [3.63, 3.8) is 0 Å². The third kappa shape index (κ3) is 4.60. The monoisotopic (exact) mass is 403 g/mol. The lowest BCUT2D eigenvalue weighted by Crippen LogP contribution is -2.34. The predicted molar refractivity (Wildman–Crippen MR) is 121 cm³/mol. The highest BCUT2D eigenvalue weighted by Crippen LogP contribution is 2.18. The minimum atomic E-state index is -0.0584. The van der Waals surface area contributed by atoms with Crippen LogP contribution in [-0.2, 0) is 6.54 Å². The van der Waals surface area contributed by atoms with Gasteiger partial charge in [-0.05, 0) is 50.2 Å². The summed E-state index contributed by atoms with van der Waals surface area (Å²) in [5, 5.41) is 4.51. The topological polar surface area (TPSA) is 61.4 Å². The van der Waals surface area contributed by atoms with E-state index in [-0.39, 0.29) is 5.91 Å². The summed E-state index contributed by atoms with van der Waals surface area (Å²) in [5.41, 5.74) is 2.39. The van der Waals surface area contributed by atoms with E-state index in [0.717, 1.165) is 35.5 Å². The third-order valence-corrected chi connectivity index (χ3v) is 5.84. The number of pyridine rings is 2. The Balaban J connectivity index is 1.35. The van der Waals surface area contributed by atoms with Gasteiger partial charge in [0.25, 0.3) is 5.91 Å². The summed E-state index contributed by atoms with van der Waals surface area (Å²) in [6.45, 7) is 5.83. The van der Waals surface area contributed by atoms with Crippen LogP contribution in [0, 0.1) is 0 Å². The molecule has 3 heterocycles. The quantitative estimate of drug-likeness (QED) is 0.650. The highest BCUT2D eigenvalue weighted by atomic mass is 16.2. The Bertz CT molecular complexity index is 1000. The molecule has 1 saturated heterocycles. The van der Waals surface area contributed by atoms with Crippen LogP contribution in [0.25, 0.3) is 10.9 Å². The van der Waals surface area contributed by atoms with E-state index in [2.05, 4.69) is 27.1 Å². The van der Waals surface area contributed by atoms with Gasteiger partial charge >= 0.3 is 0 Å². The van der Waals surface area contributed by atoms with Crippen LogP contribution in [0.15, 0.2) is 54.7 Å². The van der Waals surface area contributed by atoms with Gasteiger partial charge in [0.05, 0.1) is 23.3 Å². The molecule has 0 saturated carbocycles. The Hall–Kier alpha value is -2.99. The highest BCUT2D eigenvalue weighted by Gasteiger charge is 2.22. The molecule has 1 aliphatic rings. The molecule has 0 spiro atoms. The highest BCUT2D eigenvalue weighted by molar-refractivity contribution is 5.93. The van der Waals surface area contributed by atoms with Crippen molar-refractivity contribution < 1.29 is 4.79 Å². The van der Waals surface area contributed by atoms with Crippen LogP contribution in [0.5, 0.6) is 0 Å². The molecule has 1 fully saturated rings. The molecule has 1 aliphatic heterocycles. The van der Waals surface area contributed by atoms with Crippen LogP contribution < -0.4 is 5.32 Å². The maximum atomic E-state index is 12.8. The van der Waals surface area contributed by atoms with E-state index < -0.39 is 0 Å². The first-order chi connectivity index (χ1) is 14.6. The van der Waals surface area contributed by atoms with Crippen LogP contribution in [-0.4, -0.2) is 58.4 Å². The molecule has 1 atom stereocenters. The van der Waals surface area contributed by atoms with Gasteiger partial charge in [0.2, 0.25) is 0 Å². The predicted octanol–water partition coefficient (Wildman–Crippen LogP) is 3.80. The number of hydrogen-bond acceptors (Lipinski definition) is 5. The maximum Gasteiger partial charge on any atom is 0.255 e. The van der Waals surface area contributed by atoms with Crippen molar-refractivity contribution in [2.75, 3.05) is 32.0 Å². The number of amides is 1. The Morgan fingerprint density at radius 3 is 2.87 bits per heavy atom. The first-order valence-corrected chi connectivity index (χ1v) is 10.7. The molecule has 4 rings (SSSR count). The number of likely N-dealkylation sites (tertiary alicyclic amines) is 1. The number of nitrogens with one attached hydrogen (secondary N) is 1. The number of aromatic nitrogens is 2. The molecule has 1 aromatic carbocycles. The standard InChI is InChI=1S/C24H29N5O/c1-3-29-14-6-8-21(29)16-26-23-13-11-19(15-25-23)24(30)28(2)17-20-12-10-18-7-4-5-9-22(18)27-20/h4-5,7,9-13,15,21H,3,6,8,14,16-17H2,1-2H3,(H,25,26)/t21-/m1/s1. The molecule has 6 heteroatoms. The number of fused-ring (bicyclic) bond motifs is 1. The van der Waals surface area contributed by atoms with Crippen molar-refractivity contribution >= 4 is 22.6 Å². The number of rotatable bonds is 7. The lowest BCUT2D eigenvalue weighted by molar-refractivity contribution is 0.0783. The van der Waals surface area contributed by atoms with Gasteiger partial charge in [0.1, 0.15) is 5.82 Å². The lowest BCUT2D eigenvalue weighted by Gasteiger charge is -2.23. The Labute approximate surface area is 177 Å². The van der Waals surface area contributed by atoms with E-state index >= 15 is 0 Å². The normalized spacial score (nSPS) is 16.7. The number of hydrogen-bond donors (Lipinski definition) is 1. The smallest absolute Gasteiger partial charge is 0.255 e. The number of carbonyl (C=O) groups is 1. The number of nitrogens with zero attached hydrogens (tertiary/aromatic N) is 4. The fourth-order valence-electron chi connectivity index (χ4n) is 4.12. The first kappa shape index (κ1) is 20.3. The van der Waals surface area contributed by atoms with Crippen molar-refractivity contribution in [1.82, 2.24) is 19.8 Å². The van der Waals surface area contributed by atoms with E-state index in [1.165, 1.54) is 19.4 Å². The van der Waals surface area contributed by atoms with E-state index in [1.54, 1.807) is 18.1 Å². The summed E-state index contributed by atoms with van der Waals surface area (Å²) < 4.78 is 0. The fourth-order valence-corrected chi connectivity index (χ4v) is 4.12. The van der Waals surface area contributed by atoms with Gasteiger partial charge < -0.3 is 10.2 Å². The molecule has 156 valence electrons. The summed E-state index contributed by atoms with van der Waals surface area (Å²) in [7, 11) is 1.80. The summed E-state index contributed by atoms with van der Waals surface area (Å²) >= 11 is 0. The van der Waals surface area contributed by atoms with E-state index in [9.17, 15) is 4.79 Å². The van der Waals surface area contributed by atoms with Crippen LogP contribution in [0.4, 0.5) is 5.82 Å². The van der Waals surface area contributed by atoms with E-state index in [0.29, 0.717) is 18.2 Å². The van der Waals surface area contributed by atoms with Crippen molar-refractivity contribution in [3.05, 3.63) is 66.0 Å². The molecule has 0 unspecified atom stereocenters. The molecule has 0 radical (unpaired) electrons. The van der Waals surface area contributed by atoms with Crippen molar-refractivity contribution in [3.8, 4) is 0 Å². The summed E-state index contributed by atoms with van der Waals surface area (Å²) in [4.78, 5) is 26.1. The number of benzene rings is 1. The number of carbonyl (C=O) groups excluding carboxylic acids is 1.